The summed E-state index contributed by atoms with van der Waals surface area (Å²) in [4.78, 5) is 12.1. The summed E-state index contributed by atoms with van der Waals surface area (Å²) < 4.78 is 22.4. The molecule has 0 radical (unpaired) electrons. The summed E-state index contributed by atoms with van der Waals surface area (Å²) in [7, 11) is 0. The minimum absolute atomic E-state index is 0.0294. The monoisotopic (exact) mass is 386 g/mol. The van der Waals surface area contributed by atoms with Crippen LogP contribution in [0.1, 0.15) is 24.5 Å². The maximum Gasteiger partial charge on any atom is 0.366 e. The third-order valence-electron chi connectivity index (χ3n) is 4.59. The van der Waals surface area contributed by atoms with Gasteiger partial charge in [0, 0.05) is 6.42 Å². The first-order chi connectivity index (χ1) is 13.6. The van der Waals surface area contributed by atoms with Gasteiger partial charge in [0.2, 0.25) is 0 Å². The minimum atomic E-state index is -2.02. The van der Waals surface area contributed by atoms with Crippen LogP contribution in [-0.4, -0.2) is 42.3 Å². The molecule has 2 aromatic rings. The van der Waals surface area contributed by atoms with Crippen molar-refractivity contribution < 1.29 is 28.8 Å². The van der Waals surface area contributed by atoms with Gasteiger partial charge in [-0.25, -0.2) is 4.79 Å². The van der Waals surface area contributed by atoms with Crippen LogP contribution < -0.4 is 0 Å². The second-order valence-corrected chi connectivity index (χ2v) is 6.69. The molecule has 3 rings (SSSR count). The number of rotatable bonds is 8. The first-order valence-corrected chi connectivity index (χ1v) is 9.45. The van der Waals surface area contributed by atoms with Crippen molar-refractivity contribution in [1.82, 2.24) is 0 Å². The van der Waals surface area contributed by atoms with Gasteiger partial charge in [-0.15, -0.1) is 0 Å². The number of ether oxygens (including phenoxy) is 4. The topological polar surface area (TPSA) is 74.2 Å². The molecule has 6 heteroatoms. The molecule has 1 aliphatic rings. The number of carbonyl (C=O) groups excluding carboxylic acids is 1. The van der Waals surface area contributed by atoms with E-state index in [0.717, 1.165) is 11.1 Å². The van der Waals surface area contributed by atoms with Gasteiger partial charge in [-0.3, -0.25) is 0 Å². The van der Waals surface area contributed by atoms with Gasteiger partial charge in [-0.1, -0.05) is 60.7 Å². The van der Waals surface area contributed by atoms with Gasteiger partial charge in [-0.05, 0) is 18.1 Å². The highest BCUT2D eigenvalue weighted by Gasteiger charge is 2.48. The zero-order valence-electron chi connectivity index (χ0n) is 16.0. The molecule has 0 aliphatic carbocycles. The van der Waals surface area contributed by atoms with E-state index in [2.05, 4.69) is 0 Å². The van der Waals surface area contributed by atoms with Crippen LogP contribution in [-0.2, 0) is 37.0 Å². The fourth-order valence-electron chi connectivity index (χ4n) is 3.05. The minimum Gasteiger partial charge on any atom is -0.462 e. The van der Waals surface area contributed by atoms with Crippen molar-refractivity contribution in [2.24, 2.45) is 0 Å². The Kier molecular flexibility index (Phi) is 7.17. The van der Waals surface area contributed by atoms with Crippen molar-refractivity contribution in [2.45, 2.75) is 44.6 Å². The lowest BCUT2D eigenvalue weighted by atomic mass is 10.00. The molecule has 0 bridgehead atoms. The lowest BCUT2D eigenvalue weighted by Crippen LogP contribution is -2.55. The van der Waals surface area contributed by atoms with Gasteiger partial charge in [0.05, 0.1) is 32.5 Å². The maximum atomic E-state index is 12.1. The molecule has 1 aliphatic heterocycles. The summed E-state index contributed by atoms with van der Waals surface area (Å²) in [6.45, 7) is 2.60. The van der Waals surface area contributed by atoms with Crippen LogP contribution in [0, 0.1) is 0 Å². The summed E-state index contributed by atoms with van der Waals surface area (Å²) in [5.41, 5.74) is 2.02. The number of carbonyl (C=O) groups is 1. The Balaban J connectivity index is 1.67. The lowest BCUT2D eigenvalue weighted by molar-refractivity contribution is -0.282. The van der Waals surface area contributed by atoms with Crippen LogP contribution >= 0.6 is 0 Å². The molecule has 1 heterocycles. The Bertz CT molecular complexity index is 735. The number of benzene rings is 2. The Morgan fingerprint density at radius 3 is 2.07 bits per heavy atom. The SMILES string of the molecule is CCOC(=O)[C@]1(O)C[C@H](OCc2ccccc2)[C@@H](OCc2ccccc2)CO1. The Morgan fingerprint density at radius 1 is 1.00 bits per heavy atom. The molecule has 0 aromatic heterocycles. The molecule has 1 N–H and O–H groups in total. The molecule has 1 fully saturated rings. The summed E-state index contributed by atoms with van der Waals surface area (Å²) in [5, 5.41) is 10.6. The third kappa shape index (κ3) is 5.39. The van der Waals surface area contributed by atoms with Crippen molar-refractivity contribution in [2.75, 3.05) is 13.2 Å². The molecule has 1 saturated heterocycles. The second-order valence-electron chi connectivity index (χ2n) is 6.69. The molecule has 0 unspecified atom stereocenters. The smallest absolute Gasteiger partial charge is 0.366 e. The average Bonchev–Trinajstić information content (AvgIpc) is 2.73. The third-order valence-corrected chi connectivity index (χ3v) is 4.59. The Labute approximate surface area is 165 Å². The average molecular weight is 386 g/mol. The summed E-state index contributed by atoms with van der Waals surface area (Å²) in [6, 6.07) is 19.5. The zero-order chi connectivity index (χ0) is 19.8. The van der Waals surface area contributed by atoms with E-state index >= 15 is 0 Å². The molecule has 150 valence electrons. The Hall–Kier alpha value is -2.25. The van der Waals surface area contributed by atoms with E-state index in [9.17, 15) is 9.90 Å². The molecule has 0 spiro atoms. The fourth-order valence-corrected chi connectivity index (χ4v) is 3.05. The predicted molar refractivity (Wildman–Crippen MR) is 102 cm³/mol. The zero-order valence-corrected chi connectivity index (χ0v) is 16.0. The number of aliphatic hydroxyl groups is 1. The van der Waals surface area contributed by atoms with E-state index < -0.39 is 24.0 Å². The highest BCUT2D eigenvalue weighted by molar-refractivity contribution is 5.77. The first-order valence-electron chi connectivity index (χ1n) is 9.45. The summed E-state index contributed by atoms with van der Waals surface area (Å²) >= 11 is 0. The summed E-state index contributed by atoms with van der Waals surface area (Å²) in [6.07, 6.45) is -0.997. The van der Waals surface area contributed by atoms with Crippen LogP contribution in [0.2, 0.25) is 0 Å². The molecule has 0 amide bonds. The van der Waals surface area contributed by atoms with Crippen LogP contribution in [0.3, 0.4) is 0 Å². The highest BCUT2D eigenvalue weighted by Crippen LogP contribution is 2.29. The molecule has 3 atom stereocenters. The van der Waals surface area contributed by atoms with E-state index in [-0.39, 0.29) is 19.6 Å². The van der Waals surface area contributed by atoms with Crippen molar-refractivity contribution >= 4 is 5.97 Å². The van der Waals surface area contributed by atoms with Gasteiger partial charge in [0.25, 0.3) is 5.79 Å². The molecular weight excluding hydrogens is 360 g/mol. The van der Waals surface area contributed by atoms with Crippen molar-refractivity contribution in [3.05, 3.63) is 71.8 Å². The van der Waals surface area contributed by atoms with Gasteiger partial charge < -0.3 is 24.1 Å². The molecule has 0 saturated carbocycles. The quantitative estimate of drug-likeness (QED) is 0.704. The van der Waals surface area contributed by atoms with Crippen LogP contribution in [0.4, 0.5) is 0 Å². The van der Waals surface area contributed by atoms with Crippen LogP contribution in [0.5, 0.6) is 0 Å². The summed E-state index contributed by atoms with van der Waals surface area (Å²) in [5.74, 6) is -2.82. The normalized spacial score (nSPS) is 24.6. The fraction of sp³-hybridized carbons (Fsp3) is 0.409. The number of hydrogen-bond donors (Lipinski definition) is 1. The Morgan fingerprint density at radius 2 is 1.54 bits per heavy atom. The number of hydrogen-bond acceptors (Lipinski definition) is 6. The standard InChI is InChI=1S/C22H26O6/c1-2-25-21(23)22(24)13-19(26-14-17-9-5-3-6-10-17)20(16-28-22)27-15-18-11-7-4-8-12-18/h3-12,19-20,24H,2,13-16H2,1H3/t19-,20-,22-/m0/s1. The van der Waals surface area contributed by atoms with E-state index in [4.69, 9.17) is 18.9 Å². The van der Waals surface area contributed by atoms with Crippen molar-refractivity contribution in [3.63, 3.8) is 0 Å². The largest absolute Gasteiger partial charge is 0.462 e. The van der Waals surface area contributed by atoms with Gasteiger partial charge in [0.1, 0.15) is 6.10 Å². The van der Waals surface area contributed by atoms with E-state index in [1.807, 2.05) is 60.7 Å². The number of esters is 1. The maximum absolute atomic E-state index is 12.1. The molecular formula is C22H26O6. The van der Waals surface area contributed by atoms with Crippen LogP contribution in [0.25, 0.3) is 0 Å². The molecule has 2 aromatic carbocycles. The molecule has 28 heavy (non-hydrogen) atoms. The predicted octanol–water partition coefficient (Wildman–Crippen LogP) is 2.83. The highest BCUT2D eigenvalue weighted by atomic mass is 16.7. The van der Waals surface area contributed by atoms with Gasteiger partial charge in [0.15, 0.2) is 0 Å². The van der Waals surface area contributed by atoms with Gasteiger partial charge >= 0.3 is 5.97 Å². The van der Waals surface area contributed by atoms with Crippen molar-refractivity contribution in [1.29, 1.82) is 0 Å². The first kappa shape index (κ1) is 20.5. The van der Waals surface area contributed by atoms with E-state index in [1.165, 1.54) is 0 Å². The van der Waals surface area contributed by atoms with E-state index in [1.54, 1.807) is 6.92 Å². The second kappa shape index (κ2) is 9.80. The molecule has 6 nitrogen and oxygen atoms in total. The van der Waals surface area contributed by atoms with Crippen LogP contribution in [0.15, 0.2) is 60.7 Å². The lowest BCUT2D eigenvalue weighted by Gasteiger charge is -2.39. The van der Waals surface area contributed by atoms with E-state index in [0.29, 0.717) is 13.2 Å². The van der Waals surface area contributed by atoms with Gasteiger partial charge in [-0.2, -0.15) is 0 Å². The van der Waals surface area contributed by atoms with Crippen molar-refractivity contribution in [3.8, 4) is 0 Å².